The molecule has 0 atom stereocenters. The Morgan fingerprint density at radius 2 is 1.86 bits per heavy atom. The number of rotatable bonds is 5. The van der Waals surface area contributed by atoms with Gasteiger partial charge in [-0.2, -0.15) is 4.31 Å². The van der Waals surface area contributed by atoms with Crippen molar-refractivity contribution in [3.05, 3.63) is 24.3 Å². The maximum Gasteiger partial charge on any atom is 0.243 e. The summed E-state index contributed by atoms with van der Waals surface area (Å²) in [5.41, 5.74) is 5.26. The molecular weight excluding hydrogens is 292 g/mol. The number of nitrogens with two attached hydrogens (primary N) is 1. The van der Waals surface area contributed by atoms with Gasteiger partial charge >= 0.3 is 0 Å². The van der Waals surface area contributed by atoms with E-state index in [9.17, 15) is 13.2 Å². The lowest BCUT2D eigenvalue weighted by Gasteiger charge is -2.29. The van der Waals surface area contributed by atoms with Crippen molar-refractivity contribution in [2.24, 2.45) is 11.7 Å². The number of amides is 1. The smallest absolute Gasteiger partial charge is 0.243 e. The van der Waals surface area contributed by atoms with Crippen molar-refractivity contribution in [3.63, 3.8) is 0 Å². The number of piperidine rings is 1. The molecule has 1 aromatic rings. The van der Waals surface area contributed by atoms with Crippen molar-refractivity contribution in [1.29, 1.82) is 0 Å². The molecule has 0 spiro atoms. The molecule has 1 aromatic carbocycles. The van der Waals surface area contributed by atoms with Gasteiger partial charge in [0, 0.05) is 19.0 Å². The number of carbonyl (C=O) groups is 1. The van der Waals surface area contributed by atoms with E-state index < -0.39 is 10.0 Å². The van der Waals surface area contributed by atoms with Crippen LogP contribution in [-0.4, -0.2) is 38.3 Å². The Morgan fingerprint density at radius 1 is 1.29 bits per heavy atom. The zero-order chi connectivity index (χ0) is 15.5. The molecule has 0 saturated carbocycles. The SMILES string of the molecule is CCOc1ccc(S(=O)(=O)N2CCC(C(N)=O)CC2)cc1. The summed E-state index contributed by atoms with van der Waals surface area (Å²) in [6, 6.07) is 6.38. The zero-order valence-corrected chi connectivity index (χ0v) is 12.8. The number of benzene rings is 1. The highest BCUT2D eigenvalue weighted by atomic mass is 32.2. The molecule has 0 radical (unpaired) electrons. The number of ether oxygens (including phenoxy) is 1. The van der Waals surface area contributed by atoms with Crippen LogP contribution in [-0.2, 0) is 14.8 Å². The van der Waals surface area contributed by atoms with Crippen molar-refractivity contribution in [1.82, 2.24) is 4.31 Å². The Bertz CT molecular complexity index is 590. The Balaban J connectivity index is 2.10. The minimum absolute atomic E-state index is 0.225. The van der Waals surface area contributed by atoms with Crippen molar-refractivity contribution >= 4 is 15.9 Å². The molecule has 7 heteroatoms. The van der Waals surface area contributed by atoms with E-state index in [2.05, 4.69) is 0 Å². The summed E-state index contributed by atoms with van der Waals surface area (Å²) in [6.07, 6.45) is 0.956. The van der Waals surface area contributed by atoms with Gasteiger partial charge in [0.1, 0.15) is 5.75 Å². The van der Waals surface area contributed by atoms with Gasteiger partial charge in [-0.3, -0.25) is 4.79 Å². The minimum Gasteiger partial charge on any atom is -0.494 e. The number of carbonyl (C=O) groups excluding carboxylic acids is 1. The quantitative estimate of drug-likeness (QED) is 0.877. The van der Waals surface area contributed by atoms with Crippen molar-refractivity contribution < 1.29 is 17.9 Å². The first-order valence-electron chi connectivity index (χ1n) is 6.97. The summed E-state index contributed by atoms with van der Waals surface area (Å²) in [5.74, 6) is 0.0637. The van der Waals surface area contributed by atoms with Crippen LogP contribution >= 0.6 is 0 Å². The van der Waals surface area contributed by atoms with Gasteiger partial charge in [0.2, 0.25) is 15.9 Å². The standard InChI is InChI=1S/C14H20N2O4S/c1-2-20-12-3-5-13(6-4-12)21(18,19)16-9-7-11(8-10-16)14(15)17/h3-6,11H,2,7-10H2,1H3,(H2,15,17). The third kappa shape index (κ3) is 3.54. The van der Waals surface area contributed by atoms with Gasteiger partial charge in [-0.1, -0.05) is 0 Å². The van der Waals surface area contributed by atoms with Crippen LogP contribution in [0, 0.1) is 5.92 Å². The summed E-state index contributed by atoms with van der Waals surface area (Å²) in [4.78, 5) is 11.4. The lowest BCUT2D eigenvalue weighted by atomic mass is 9.98. The van der Waals surface area contributed by atoms with Crippen LogP contribution in [0.4, 0.5) is 0 Å². The fourth-order valence-electron chi connectivity index (χ4n) is 2.40. The van der Waals surface area contributed by atoms with Gasteiger partial charge in [-0.25, -0.2) is 8.42 Å². The molecular formula is C14H20N2O4S. The molecule has 1 heterocycles. The maximum atomic E-state index is 12.5. The van der Waals surface area contributed by atoms with Crippen LogP contribution in [0.1, 0.15) is 19.8 Å². The Hall–Kier alpha value is -1.60. The van der Waals surface area contributed by atoms with Crippen LogP contribution in [0.25, 0.3) is 0 Å². The predicted molar refractivity (Wildman–Crippen MR) is 78.3 cm³/mol. The average molecular weight is 312 g/mol. The molecule has 1 saturated heterocycles. The fourth-order valence-corrected chi connectivity index (χ4v) is 3.87. The summed E-state index contributed by atoms with van der Waals surface area (Å²) in [7, 11) is -3.52. The van der Waals surface area contributed by atoms with E-state index in [1.807, 2.05) is 6.92 Å². The fraction of sp³-hybridized carbons (Fsp3) is 0.500. The topological polar surface area (TPSA) is 89.7 Å². The largest absolute Gasteiger partial charge is 0.494 e. The molecule has 6 nitrogen and oxygen atoms in total. The van der Waals surface area contributed by atoms with Crippen LogP contribution in [0.5, 0.6) is 5.75 Å². The molecule has 1 aliphatic rings. The minimum atomic E-state index is -3.52. The second-order valence-corrected chi connectivity index (χ2v) is 6.92. The molecule has 0 aromatic heterocycles. The van der Waals surface area contributed by atoms with E-state index >= 15 is 0 Å². The monoisotopic (exact) mass is 312 g/mol. The molecule has 0 bridgehead atoms. The second kappa shape index (κ2) is 6.44. The molecule has 1 amide bonds. The molecule has 0 aliphatic carbocycles. The van der Waals surface area contributed by atoms with Crippen LogP contribution < -0.4 is 10.5 Å². The molecule has 116 valence electrons. The zero-order valence-electron chi connectivity index (χ0n) is 12.0. The number of sulfonamides is 1. The number of primary amides is 1. The summed E-state index contributed by atoms with van der Waals surface area (Å²) >= 11 is 0. The number of hydrogen-bond donors (Lipinski definition) is 1. The summed E-state index contributed by atoms with van der Waals surface area (Å²) in [5, 5.41) is 0. The van der Waals surface area contributed by atoms with Gasteiger partial charge in [0.15, 0.2) is 0 Å². The Morgan fingerprint density at radius 3 is 2.33 bits per heavy atom. The van der Waals surface area contributed by atoms with Crippen LogP contribution in [0.2, 0.25) is 0 Å². The molecule has 2 N–H and O–H groups in total. The van der Waals surface area contributed by atoms with Gasteiger partial charge < -0.3 is 10.5 Å². The predicted octanol–water partition coefficient (Wildman–Crippen LogP) is 0.971. The van der Waals surface area contributed by atoms with E-state index in [1.54, 1.807) is 24.3 Å². The van der Waals surface area contributed by atoms with Crippen LogP contribution in [0.15, 0.2) is 29.2 Å². The number of nitrogens with zero attached hydrogens (tertiary/aromatic N) is 1. The van der Waals surface area contributed by atoms with E-state index in [-0.39, 0.29) is 16.7 Å². The first-order valence-corrected chi connectivity index (χ1v) is 8.41. The summed E-state index contributed by atoms with van der Waals surface area (Å²) in [6.45, 7) is 3.05. The van der Waals surface area contributed by atoms with Crippen molar-refractivity contribution in [2.75, 3.05) is 19.7 Å². The molecule has 1 aliphatic heterocycles. The third-order valence-corrected chi connectivity index (χ3v) is 5.54. The highest BCUT2D eigenvalue weighted by molar-refractivity contribution is 7.89. The average Bonchev–Trinajstić information content (AvgIpc) is 2.48. The van der Waals surface area contributed by atoms with Gasteiger partial charge in [0.25, 0.3) is 0 Å². The highest BCUT2D eigenvalue weighted by Gasteiger charge is 2.31. The van der Waals surface area contributed by atoms with Gasteiger partial charge in [-0.05, 0) is 44.0 Å². The van der Waals surface area contributed by atoms with Crippen molar-refractivity contribution in [2.45, 2.75) is 24.7 Å². The van der Waals surface area contributed by atoms with E-state index in [4.69, 9.17) is 10.5 Å². The molecule has 1 fully saturated rings. The second-order valence-electron chi connectivity index (χ2n) is 4.99. The highest BCUT2D eigenvalue weighted by Crippen LogP contribution is 2.24. The van der Waals surface area contributed by atoms with E-state index in [0.29, 0.717) is 38.3 Å². The molecule has 21 heavy (non-hydrogen) atoms. The Kier molecular flexibility index (Phi) is 4.84. The lowest BCUT2D eigenvalue weighted by Crippen LogP contribution is -2.41. The van der Waals surface area contributed by atoms with E-state index in [1.165, 1.54) is 4.31 Å². The van der Waals surface area contributed by atoms with Crippen molar-refractivity contribution in [3.8, 4) is 5.75 Å². The summed E-state index contributed by atoms with van der Waals surface area (Å²) < 4.78 is 31.7. The normalized spacial score (nSPS) is 17.6. The van der Waals surface area contributed by atoms with E-state index in [0.717, 1.165) is 0 Å². The first-order chi connectivity index (χ1) is 9.95. The Labute approximate surface area is 124 Å². The molecule has 0 unspecified atom stereocenters. The first kappa shape index (κ1) is 15.8. The van der Waals surface area contributed by atoms with Gasteiger partial charge in [0.05, 0.1) is 11.5 Å². The number of hydrogen-bond acceptors (Lipinski definition) is 4. The van der Waals surface area contributed by atoms with Gasteiger partial charge in [-0.15, -0.1) is 0 Å². The van der Waals surface area contributed by atoms with Crippen LogP contribution in [0.3, 0.4) is 0 Å². The lowest BCUT2D eigenvalue weighted by molar-refractivity contribution is -0.122. The maximum absolute atomic E-state index is 12.5. The molecule has 2 rings (SSSR count). The third-order valence-electron chi connectivity index (χ3n) is 3.63.